The summed E-state index contributed by atoms with van der Waals surface area (Å²) in [4.78, 5) is 10.3. The second-order valence-electron chi connectivity index (χ2n) is 3.65. The van der Waals surface area contributed by atoms with Crippen molar-refractivity contribution in [2.45, 2.75) is 4.90 Å². The Balaban J connectivity index is 2.38. The Hall–Kier alpha value is -1.45. The molecule has 0 aliphatic carbocycles. The predicted octanol–water partition coefficient (Wildman–Crippen LogP) is 3.15. The van der Waals surface area contributed by atoms with E-state index in [0.29, 0.717) is 0 Å². The average molecular weight is 380 g/mol. The van der Waals surface area contributed by atoms with Gasteiger partial charge in [-0.3, -0.25) is 4.72 Å². The quantitative estimate of drug-likeness (QED) is 0.854. The first-order valence-corrected chi connectivity index (χ1v) is 8.25. The number of carboxylic acids is 1. The molecule has 0 saturated heterocycles. The molecule has 0 aliphatic heterocycles. The van der Waals surface area contributed by atoms with Gasteiger partial charge in [-0.15, -0.1) is 11.3 Å². The van der Waals surface area contributed by atoms with E-state index in [1.54, 1.807) is 0 Å². The van der Waals surface area contributed by atoms with E-state index in [2.05, 4.69) is 20.7 Å². The van der Waals surface area contributed by atoms with E-state index in [0.717, 1.165) is 17.4 Å². The molecule has 0 amide bonds. The van der Waals surface area contributed by atoms with Gasteiger partial charge in [-0.25, -0.2) is 17.6 Å². The molecular formula is C11H7BrFNO4S2. The van der Waals surface area contributed by atoms with Crippen LogP contribution in [0.1, 0.15) is 9.67 Å². The summed E-state index contributed by atoms with van der Waals surface area (Å²) in [5.41, 5.74) is 0.00763. The highest BCUT2D eigenvalue weighted by Gasteiger charge is 2.24. The molecule has 5 nitrogen and oxygen atoms in total. The Morgan fingerprint density at radius 3 is 2.65 bits per heavy atom. The summed E-state index contributed by atoms with van der Waals surface area (Å²) >= 11 is 3.75. The topological polar surface area (TPSA) is 83.5 Å². The van der Waals surface area contributed by atoms with Crippen LogP contribution in [-0.2, 0) is 10.0 Å². The van der Waals surface area contributed by atoms with Crippen LogP contribution in [0.2, 0.25) is 0 Å². The fourth-order valence-corrected chi connectivity index (χ4v) is 3.99. The maximum atomic E-state index is 13.3. The Labute approximate surface area is 126 Å². The lowest BCUT2D eigenvalue weighted by Gasteiger charge is -2.08. The van der Waals surface area contributed by atoms with Crippen molar-refractivity contribution in [2.75, 3.05) is 4.72 Å². The number of carboxylic acid groups (broad SMARTS) is 1. The summed E-state index contributed by atoms with van der Waals surface area (Å²) in [7, 11) is -4.08. The minimum atomic E-state index is -4.08. The van der Waals surface area contributed by atoms with E-state index in [1.807, 2.05) is 0 Å². The lowest BCUT2D eigenvalue weighted by Crippen LogP contribution is -2.15. The van der Waals surface area contributed by atoms with E-state index in [-0.39, 0.29) is 19.9 Å². The van der Waals surface area contributed by atoms with E-state index < -0.39 is 21.8 Å². The molecule has 1 aromatic heterocycles. The number of carbonyl (C=O) groups is 1. The van der Waals surface area contributed by atoms with E-state index in [1.165, 1.54) is 23.6 Å². The summed E-state index contributed by atoms with van der Waals surface area (Å²) in [5, 5.41) is 10.3. The van der Waals surface area contributed by atoms with Crippen molar-refractivity contribution >= 4 is 48.9 Å². The molecule has 20 heavy (non-hydrogen) atoms. The average Bonchev–Trinajstić information content (AvgIpc) is 2.83. The number of aromatic carboxylic acids is 1. The minimum Gasteiger partial charge on any atom is -0.477 e. The van der Waals surface area contributed by atoms with Gasteiger partial charge in [0.15, 0.2) is 0 Å². The molecule has 0 saturated carbocycles. The maximum absolute atomic E-state index is 13.3. The highest BCUT2D eigenvalue weighted by atomic mass is 79.9. The number of nitrogens with one attached hydrogen (secondary N) is 1. The number of hydrogen-bond acceptors (Lipinski definition) is 4. The van der Waals surface area contributed by atoms with Gasteiger partial charge in [0.25, 0.3) is 10.0 Å². The Kier molecular flexibility index (Phi) is 4.11. The number of benzene rings is 1. The Morgan fingerprint density at radius 2 is 2.05 bits per heavy atom. The molecule has 0 aliphatic rings. The third kappa shape index (κ3) is 3.00. The third-order valence-corrected chi connectivity index (χ3v) is 5.38. The van der Waals surface area contributed by atoms with Crippen LogP contribution in [-0.4, -0.2) is 19.5 Å². The van der Waals surface area contributed by atoms with Gasteiger partial charge >= 0.3 is 5.97 Å². The van der Waals surface area contributed by atoms with Gasteiger partial charge in [0.2, 0.25) is 0 Å². The molecule has 2 aromatic rings. The van der Waals surface area contributed by atoms with Crippen LogP contribution in [0.5, 0.6) is 0 Å². The van der Waals surface area contributed by atoms with Crippen molar-refractivity contribution in [3.63, 3.8) is 0 Å². The van der Waals surface area contributed by atoms with Gasteiger partial charge in [0, 0.05) is 0 Å². The van der Waals surface area contributed by atoms with Gasteiger partial charge in [-0.1, -0.05) is 0 Å². The van der Waals surface area contributed by atoms with Gasteiger partial charge in [0.05, 0.1) is 10.2 Å². The van der Waals surface area contributed by atoms with Crippen molar-refractivity contribution < 1.29 is 22.7 Å². The standard InChI is InChI=1S/C11H7BrFNO4S2/c12-7-2-1-6(5-8(7)13)14-20(17,18)9-3-4-19-10(9)11(15)16/h1-5,14H,(H,15,16). The first kappa shape index (κ1) is 14.9. The fraction of sp³-hybridized carbons (Fsp3) is 0. The lowest BCUT2D eigenvalue weighted by molar-refractivity contribution is 0.0698. The maximum Gasteiger partial charge on any atom is 0.347 e. The highest BCUT2D eigenvalue weighted by molar-refractivity contribution is 9.10. The molecule has 9 heteroatoms. The second kappa shape index (κ2) is 5.51. The molecular weight excluding hydrogens is 373 g/mol. The molecule has 1 aromatic carbocycles. The van der Waals surface area contributed by atoms with Gasteiger partial charge in [0.1, 0.15) is 15.6 Å². The molecule has 0 atom stereocenters. The van der Waals surface area contributed by atoms with Crippen LogP contribution in [0, 0.1) is 5.82 Å². The SMILES string of the molecule is O=C(O)c1sccc1S(=O)(=O)Nc1ccc(Br)c(F)c1. The molecule has 0 fully saturated rings. The highest BCUT2D eigenvalue weighted by Crippen LogP contribution is 2.26. The van der Waals surface area contributed by atoms with E-state index in [4.69, 9.17) is 5.11 Å². The van der Waals surface area contributed by atoms with Crippen LogP contribution in [0.3, 0.4) is 0 Å². The first-order valence-electron chi connectivity index (χ1n) is 5.10. The van der Waals surface area contributed by atoms with Crippen LogP contribution in [0.15, 0.2) is 39.0 Å². The largest absolute Gasteiger partial charge is 0.477 e. The van der Waals surface area contributed by atoms with Crippen LogP contribution >= 0.6 is 27.3 Å². The monoisotopic (exact) mass is 379 g/mol. The van der Waals surface area contributed by atoms with Crippen molar-refractivity contribution in [1.82, 2.24) is 0 Å². The fourth-order valence-electron chi connectivity index (χ4n) is 1.43. The second-order valence-corrected chi connectivity index (χ2v) is 7.07. The van der Waals surface area contributed by atoms with Gasteiger partial charge < -0.3 is 5.11 Å². The zero-order valence-electron chi connectivity index (χ0n) is 9.63. The molecule has 106 valence electrons. The molecule has 2 rings (SSSR count). The molecule has 0 unspecified atom stereocenters. The molecule has 0 spiro atoms. The summed E-state index contributed by atoms with van der Waals surface area (Å²) in [6.45, 7) is 0. The van der Waals surface area contributed by atoms with Crippen molar-refractivity contribution in [3.8, 4) is 0 Å². The molecule has 0 bridgehead atoms. The van der Waals surface area contributed by atoms with Crippen LogP contribution in [0.25, 0.3) is 0 Å². The third-order valence-electron chi connectivity index (χ3n) is 2.28. The Morgan fingerprint density at radius 1 is 1.35 bits per heavy atom. The zero-order chi connectivity index (χ0) is 14.9. The normalized spacial score (nSPS) is 11.3. The first-order chi connectivity index (χ1) is 9.31. The summed E-state index contributed by atoms with van der Waals surface area (Å²) in [6.07, 6.45) is 0. The lowest BCUT2D eigenvalue weighted by atomic mass is 10.3. The molecule has 2 N–H and O–H groups in total. The predicted molar refractivity (Wildman–Crippen MR) is 76.2 cm³/mol. The molecule has 1 heterocycles. The van der Waals surface area contributed by atoms with Crippen LogP contribution in [0.4, 0.5) is 10.1 Å². The smallest absolute Gasteiger partial charge is 0.347 e. The summed E-state index contributed by atoms with van der Waals surface area (Å²) < 4.78 is 39.8. The van der Waals surface area contributed by atoms with Crippen molar-refractivity contribution in [1.29, 1.82) is 0 Å². The number of anilines is 1. The number of sulfonamides is 1. The van der Waals surface area contributed by atoms with E-state index >= 15 is 0 Å². The van der Waals surface area contributed by atoms with Gasteiger partial charge in [-0.05, 0) is 45.6 Å². The zero-order valence-corrected chi connectivity index (χ0v) is 12.9. The van der Waals surface area contributed by atoms with Gasteiger partial charge in [-0.2, -0.15) is 0 Å². The van der Waals surface area contributed by atoms with Crippen molar-refractivity contribution in [2.24, 2.45) is 0 Å². The summed E-state index contributed by atoms with van der Waals surface area (Å²) in [5.74, 6) is -1.96. The molecule has 0 radical (unpaired) electrons. The number of rotatable bonds is 4. The number of thiophene rings is 1. The summed E-state index contributed by atoms with van der Waals surface area (Å²) in [6, 6.07) is 4.89. The van der Waals surface area contributed by atoms with E-state index in [9.17, 15) is 17.6 Å². The number of hydrogen-bond donors (Lipinski definition) is 2. The van der Waals surface area contributed by atoms with Crippen LogP contribution < -0.4 is 4.72 Å². The minimum absolute atomic E-state index is 0.00763. The number of halogens is 2. The Bertz CT molecular complexity index is 772. The van der Waals surface area contributed by atoms with Crippen molar-refractivity contribution in [3.05, 3.63) is 44.8 Å².